The molecule has 0 radical (unpaired) electrons. The van der Waals surface area contributed by atoms with Gasteiger partial charge in [0.25, 0.3) is 5.56 Å². The molecule has 2 aliphatic heterocycles. The highest BCUT2D eigenvalue weighted by Crippen LogP contribution is 2.57. The molecule has 144 valence electrons. The molecule has 1 N–H and O–H groups in total. The molecule has 1 aliphatic carbocycles. The van der Waals surface area contributed by atoms with Gasteiger partial charge in [-0.1, -0.05) is 12.8 Å². The van der Waals surface area contributed by atoms with Crippen LogP contribution in [0.25, 0.3) is 0 Å². The molecular formula is C15H20FN2O7P. The van der Waals surface area contributed by atoms with Crippen molar-refractivity contribution in [3.63, 3.8) is 0 Å². The van der Waals surface area contributed by atoms with Gasteiger partial charge in [0.1, 0.15) is 18.4 Å². The van der Waals surface area contributed by atoms with Crippen molar-refractivity contribution in [1.82, 2.24) is 9.55 Å². The van der Waals surface area contributed by atoms with Crippen molar-refractivity contribution in [2.75, 3.05) is 13.2 Å². The number of nitrogens with zero attached hydrogens (tertiary/aromatic N) is 1. The number of rotatable bonds is 4. The highest BCUT2D eigenvalue weighted by Gasteiger charge is 2.48. The van der Waals surface area contributed by atoms with E-state index in [1.165, 1.54) is 0 Å². The first-order valence-electron chi connectivity index (χ1n) is 8.67. The van der Waals surface area contributed by atoms with Gasteiger partial charge in [0.15, 0.2) is 0 Å². The molecule has 1 aromatic rings. The summed E-state index contributed by atoms with van der Waals surface area (Å²) in [5.41, 5.74) is -1.88. The molecular weight excluding hydrogens is 370 g/mol. The largest absolute Gasteiger partial charge is 0.475 e. The van der Waals surface area contributed by atoms with Crippen LogP contribution >= 0.6 is 7.82 Å². The maximum absolute atomic E-state index is 13.5. The van der Waals surface area contributed by atoms with Crippen molar-refractivity contribution in [3.8, 4) is 0 Å². The van der Waals surface area contributed by atoms with Gasteiger partial charge >= 0.3 is 13.5 Å². The van der Waals surface area contributed by atoms with E-state index in [4.69, 9.17) is 18.3 Å². The highest BCUT2D eigenvalue weighted by molar-refractivity contribution is 7.48. The number of phosphoric acid groups is 1. The molecule has 0 spiro atoms. The number of hydrogen-bond donors (Lipinski definition) is 1. The van der Waals surface area contributed by atoms with Crippen molar-refractivity contribution < 1.29 is 27.3 Å². The van der Waals surface area contributed by atoms with Crippen LogP contribution in [0.1, 0.15) is 38.3 Å². The minimum Gasteiger partial charge on any atom is -0.349 e. The number of hydrogen-bond acceptors (Lipinski definition) is 7. The SMILES string of the molecule is O=c1[nH]c(=O)n([C@H]2C[C@@H]3OP(=O)(OCC4CCCC4)OC[C@H]3O2)cc1F. The van der Waals surface area contributed by atoms with Gasteiger partial charge in [0, 0.05) is 6.42 Å². The summed E-state index contributed by atoms with van der Waals surface area (Å²) in [6.07, 6.45) is 3.31. The third-order valence-electron chi connectivity index (χ3n) is 5.02. The second kappa shape index (κ2) is 7.01. The van der Waals surface area contributed by atoms with Gasteiger partial charge < -0.3 is 4.74 Å². The summed E-state index contributed by atoms with van der Waals surface area (Å²) < 4.78 is 48.9. The molecule has 4 atom stereocenters. The third kappa shape index (κ3) is 3.57. The highest BCUT2D eigenvalue weighted by atomic mass is 31.2. The Morgan fingerprint density at radius 3 is 2.85 bits per heavy atom. The predicted octanol–water partition coefficient (Wildman–Crippen LogP) is 1.69. The Balaban J connectivity index is 1.43. The molecule has 3 aliphatic rings. The first-order chi connectivity index (χ1) is 12.4. The average molecular weight is 390 g/mol. The molecule has 0 bridgehead atoms. The number of phosphoric ester groups is 1. The fraction of sp³-hybridized carbons (Fsp3) is 0.733. The number of fused-ring (bicyclic) bond motifs is 1. The maximum atomic E-state index is 13.5. The normalized spacial score (nSPS) is 34.9. The van der Waals surface area contributed by atoms with Gasteiger partial charge in [0.2, 0.25) is 5.82 Å². The van der Waals surface area contributed by atoms with Crippen LogP contribution in [0.4, 0.5) is 4.39 Å². The Morgan fingerprint density at radius 1 is 1.31 bits per heavy atom. The van der Waals surface area contributed by atoms with E-state index in [9.17, 15) is 18.5 Å². The summed E-state index contributed by atoms with van der Waals surface area (Å²) in [4.78, 5) is 24.9. The molecule has 26 heavy (non-hydrogen) atoms. The molecule has 4 rings (SSSR count). The van der Waals surface area contributed by atoms with Crippen LogP contribution in [-0.2, 0) is 22.9 Å². The zero-order valence-corrected chi connectivity index (χ0v) is 14.9. The van der Waals surface area contributed by atoms with E-state index in [0.717, 1.165) is 36.4 Å². The number of H-pyrrole nitrogens is 1. The van der Waals surface area contributed by atoms with E-state index in [-0.39, 0.29) is 13.0 Å². The Kier molecular flexibility index (Phi) is 4.87. The summed E-state index contributed by atoms with van der Waals surface area (Å²) in [5, 5.41) is 0. The molecule has 3 fully saturated rings. The zero-order valence-electron chi connectivity index (χ0n) is 14.0. The molecule has 3 heterocycles. The van der Waals surface area contributed by atoms with Crippen molar-refractivity contribution in [1.29, 1.82) is 0 Å². The van der Waals surface area contributed by atoms with Crippen molar-refractivity contribution in [2.45, 2.75) is 50.5 Å². The number of aromatic amines is 1. The Labute approximate surface area is 148 Å². The van der Waals surface area contributed by atoms with Crippen molar-refractivity contribution >= 4 is 7.82 Å². The second-order valence-corrected chi connectivity index (χ2v) is 8.46. The second-order valence-electron chi connectivity index (χ2n) is 6.84. The first kappa shape index (κ1) is 18.1. The van der Waals surface area contributed by atoms with Gasteiger partial charge in [-0.2, -0.15) is 4.39 Å². The van der Waals surface area contributed by atoms with Crippen LogP contribution in [0.5, 0.6) is 0 Å². The summed E-state index contributed by atoms with van der Waals surface area (Å²) in [5.74, 6) is -0.730. The Hall–Kier alpha value is -1.32. The van der Waals surface area contributed by atoms with Crippen LogP contribution < -0.4 is 11.2 Å². The molecule has 1 unspecified atom stereocenters. The van der Waals surface area contributed by atoms with Crippen LogP contribution in [0, 0.1) is 11.7 Å². The Morgan fingerprint density at radius 2 is 2.08 bits per heavy atom. The standard InChI is InChI=1S/C15H20FN2O7P/c16-10-6-18(15(20)17-14(10)19)13-5-11-12(24-13)8-23-26(21,25-11)22-7-9-3-1-2-4-9/h6,9,11-13H,1-5,7-8H2,(H,17,19,20)/t11-,12+,13+,26?/m0/s1. The van der Waals surface area contributed by atoms with Crippen LogP contribution in [-0.4, -0.2) is 35.0 Å². The lowest BCUT2D eigenvalue weighted by atomic mass is 10.1. The third-order valence-corrected chi connectivity index (χ3v) is 6.48. The monoisotopic (exact) mass is 390 g/mol. The maximum Gasteiger partial charge on any atom is 0.475 e. The van der Waals surface area contributed by atoms with Crippen LogP contribution in [0.2, 0.25) is 0 Å². The van der Waals surface area contributed by atoms with Crippen LogP contribution in [0.3, 0.4) is 0 Å². The summed E-state index contributed by atoms with van der Waals surface area (Å²) >= 11 is 0. The topological polar surface area (TPSA) is 109 Å². The number of nitrogens with one attached hydrogen (secondary N) is 1. The minimum atomic E-state index is -3.68. The fourth-order valence-corrected chi connectivity index (χ4v) is 5.08. The summed E-state index contributed by atoms with van der Waals surface area (Å²) in [6, 6.07) is 0. The summed E-state index contributed by atoms with van der Waals surface area (Å²) in [7, 11) is -3.68. The van der Waals surface area contributed by atoms with Gasteiger partial charge in [-0.15, -0.1) is 0 Å². The van der Waals surface area contributed by atoms with E-state index in [2.05, 4.69) is 0 Å². The lowest BCUT2D eigenvalue weighted by Crippen LogP contribution is -2.34. The van der Waals surface area contributed by atoms with E-state index < -0.39 is 43.3 Å². The molecule has 0 aromatic carbocycles. The quantitative estimate of drug-likeness (QED) is 0.780. The van der Waals surface area contributed by atoms with Crippen LogP contribution in [0.15, 0.2) is 15.8 Å². The van der Waals surface area contributed by atoms with Gasteiger partial charge in [-0.3, -0.25) is 27.9 Å². The summed E-state index contributed by atoms with van der Waals surface area (Å²) in [6.45, 7) is 0.313. The van der Waals surface area contributed by atoms with E-state index in [1.807, 2.05) is 4.98 Å². The average Bonchev–Trinajstić information content (AvgIpc) is 3.25. The van der Waals surface area contributed by atoms with E-state index in [1.54, 1.807) is 0 Å². The smallest absolute Gasteiger partial charge is 0.349 e. The molecule has 0 amide bonds. The molecule has 1 aromatic heterocycles. The fourth-order valence-electron chi connectivity index (χ4n) is 3.61. The number of halogens is 1. The first-order valence-corrected chi connectivity index (χ1v) is 10.1. The van der Waals surface area contributed by atoms with Gasteiger partial charge in [-0.25, -0.2) is 9.36 Å². The van der Waals surface area contributed by atoms with E-state index >= 15 is 0 Å². The van der Waals surface area contributed by atoms with Gasteiger partial charge in [-0.05, 0) is 18.8 Å². The van der Waals surface area contributed by atoms with Crippen molar-refractivity contribution in [3.05, 3.63) is 32.9 Å². The molecule has 2 saturated heterocycles. The number of ether oxygens (including phenoxy) is 1. The molecule has 11 heteroatoms. The van der Waals surface area contributed by atoms with E-state index in [0.29, 0.717) is 12.5 Å². The molecule has 1 saturated carbocycles. The predicted molar refractivity (Wildman–Crippen MR) is 86.1 cm³/mol. The molecule has 9 nitrogen and oxygen atoms in total. The lowest BCUT2D eigenvalue weighted by molar-refractivity contribution is -0.0733. The number of aromatic nitrogens is 2. The zero-order chi connectivity index (χ0) is 18.3. The van der Waals surface area contributed by atoms with Crippen molar-refractivity contribution in [2.24, 2.45) is 5.92 Å². The lowest BCUT2D eigenvalue weighted by Gasteiger charge is -2.30. The van der Waals surface area contributed by atoms with Gasteiger partial charge in [0.05, 0.1) is 19.4 Å². The Bertz CT molecular complexity index is 834. The minimum absolute atomic E-state index is 0.0102.